The van der Waals surface area contributed by atoms with Gasteiger partial charge >= 0.3 is 0 Å². The summed E-state index contributed by atoms with van der Waals surface area (Å²) < 4.78 is 0. The summed E-state index contributed by atoms with van der Waals surface area (Å²) in [4.78, 5) is 14.0. The van der Waals surface area contributed by atoms with E-state index in [2.05, 4.69) is 17.1 Å². The minimum Gasteiger partial charge on any atom is -0.351 e. The van der Waals surface area contributed by atoms with Crippen molar-refractivity contribution in [2.75, 3.05) is 19.6 Å². The quantitative estimate of drug-likeness (QED) is 0.849. The number of amides is 1. The van der Waals surface area contributed by atoms with E-state index >= 15 is 0 Å². The van der Waals surface area contributed by atoms with E-state index in [0.717, 1.165) is 25.1 Å². The van der Waals surface area contributed by atoms with Gasteiger partial charge < -0.3 is 11.1 Å². The van der Waals surface area contributed by atoms with Gasteiger partial charge in [0.05, 0.1) is 6.54 Å². The molecule has 1 saturated heterocycles. The van der Waals surface area contributed by atoms with Crippen LogP contribution in [-0.2, 0) is 11.3 Å². The molecule has 1 aromatic carbocycles. The Morgan fingerprint density at radius 2 is 2.16 bits per heavy atom. The number of carbonyl (C=O) groups excluding carboxylic acids is 1. The average molecular weight is 261 g/mol. The Kier molecular flexibility index (Phi) is 4.93. The van der Waals surface area contributed by atoms with Crippen LogP contribution in [0.1, 0.15) is 18.9 Å². The third-order valence-corrected chi connectivity index (χ3v) is 3.80. The van der Waals surface area contributed by atoms with Crippen LogP contribution in [0.3, 0.4) is 0 Å². The van der Waals surface area contributed by atoms with Gasteiger partial charge in [-0.15, -0.1) is 0 Å². The second kappa shape index (κ2) is 6.68. The van der Waals surface area contributed by atoms with Crippen molar-refractivity contribution >= 4 is 5.91 Å². The van der Waals surface area contributed by atoms with Gasteiger partial charge in [-0.05, 0) is 24.4 Å². The van der Waals surface area contributed by atoms with Crippen molar-refractivity contribution in [3.63, 3.8) is 0 Å². The van der Waals surface area contributed by atoms with Crippen molar-refractivity contribution in [3.05, 3.63) is 35.9 Å². The molecule has 1 aliphatic heterocycles. The van der Waals surface area contributed by atoms with Gasteiger partial charge in [-0.25, -0.2) is 0 Å². The molecule has 2 unspecified atom stereocenters. The van der Waals surface area contributed by atoms with Crippen LogP contribution in [0.2, 0.25) is 0 Å². The molecule has 0 spiro atoms. The van der Waals surface area contributed by atoms with Crippen LogP contribution in [-0.4, -0.2) is 36.5 Å². The zero-order valence-electron chi connectivity index (χ0n) is 11.5. The summed E-state index contributed by atoms with van der Waals surface area (Å²) in [6.45, 7) is 5.01. The summed E-state index contributed by atoms with van der Waals surface area (Å²) in [7, 11) is 0. The Balaban J connectivity index is 1.73. The maximum absolute atomic E-state index is 11.9. The fourth-order valence-electron chi connectivity index (χ4n) is 2.37. The van der Waals surface area contributed by atoms with Crippen molar-refractivity contribution in [1.82, 2.24) is 10.2 Å². The fourth-order valence-corrected chi connectivity index (χ4v) is 2.37. The summed E-state index contributed by atoms with van der Waals surface area (Å²) in [6.07, 6.45) is 1.08. The first-order chi connectivity index (χ1) is 9.15. The molecule has 1 amide bonds. The largest absolute Gasteiger partial charge is 0.351 e. The molecule has 4 heteroatoms. The molecule has 3 N–H and O–H groups in total. The predicted molar refractivity (Wildman–Crippen MR) is 76.5 cm³/mol. The molecular weight excluding hydrogens is 238 g/mol. The molecule has 0 aromatic heterocycles. The third-order valence-electron chi connectivity index (χ3n) is 3.80. The first-order valence-electron chi connectivity index (χ1n) is 6.93. The number of piperidine rings is 1. The molecule has 0 saturated carbocycles. The minimum absolute atomic E-state index is 0.0746. The lowest BCUT2D eigenvalue weighted by atomic mass is 9.94. The number of nitrogens with two attached hydrogens (primary N) is 1. The second-order valence-corrected chi connectivity index (χ2v) is 5.43. The Bertz CT molecular complexity index is 407. The highest BCUT2D eigenvalue weighted by Gasteiger charge is 2.24. The Morgan fingerprint density at radius 1 is 1.42 bits per heavy atom. The van der Waals surface area contributed by atoms with Crippen LogP contribution in [0.15, 0.2) is 30.3 Å². The summed E-state index contributed by atoms with van der Waals surface area (Å²) in [5.41, 5.74) is 7.16. The third kappa shape index (κ3) is 4.33. The van der Waals surface area contributed by atoms with Gasteiger partial charge in [-0.2, -0.15) is 0 Å². The van der Waals surface area contributed by atoms with Crippen molar-refractivity contribution in [3.8, 4) is 0 Å². The molecule has 2 rings (SSSR count). The summed E-state index contributed by atoms with van der Waals surface area (Å²) >= 11 is 0. The van der Waals surface area contributed by atoms with E-state index in [-0.39, 0.29) is 11.9 Å². The van der Waals surface area contributed by atoms with Gasteiger partial charge in [0.25, 0.3) is 0 Å². The first kappa shape index (κ1) is 14.0. The zero-order chi connectivity index (χ0) is 13.7. The summed E-state index contributed by atoms with van der Waals surface area (Å²) in [5, 5.41) is 2.95. The highest BCUT2D eigenvalue weighted by Crippen LogP contribution is 2.14. The maximum atomic E-state index is 11.9. The molecule has 1 fully saturated rings. The molecule has 1 aromatic rings. The summed E-state index contributed by atoms with van der Waals surface area (Å²) in [5.74, 6) is 0.634. The average Bonchev–Trinajstić information content (AvgIpc) is 2.42. The number of nitrogens with zero attached hydrogens (tertiary/aromatic N) is 1. The van der Waals surface area contributed by atoms with Crippen molar-refractivity contribution in [1.29, 1.82) is 0 Å². The van der Waals surface area contributed by atoms with E-state index in [1.807, 2.05) is 30.3 Å². The van der Waals surface area contributed by atoms with E-state index < -0.39 is 0 Å². The first-order valence-corrected chi connectivity index (χ1v) is 6.93. The van der Waals surface area contributed by atoms with Crippen LogP contribution in [0.5, 0.6) is 0 Å². The van der Waals surface area contributed by atoms with E-state index in [9.17, 15) is 4.79 Å². The normalized spacial score (nSPS) is 24.1. The molecule has 0 bridgehead atoms. The number of hydrogen-bond acceptors (Lipinski definition) is 3. The molecule has 1 aliphatic rings. The molecule has 19 heavy (non-hydrogen) atoms. The topological polar surface area (TPSA) is 58.4 Å². The van der Waals surface area contributed by atoms with E-state index in [0.29, 0.717) is 19.0 Å². The highest BCUT2D eigenvalue weighted by molar-refractivity contribution is 5.78. The number of hydrogen-bond donors (Lipinski definition) is 2. The maximum Gasteiger partial charge on any atom is 0.234 e. The van der Waals surface area contributed by atoms with Crippen LogP contribution in [0.25, 0.3) is 0 Å². The lowest BCUT2D eigenvalue weighted by molar-refractivity contribution is -0.122. The van der Waals surface area contributed by atoms with Crippen LogP contribution in [0.4, 0.5) is 0 Å². The molecule has 0 radical (unpaired) electrons. The van der Waals surface area contributed by atoms with Gasteiger partial charge in [-0.1, -0.05) is 37.3 Å². The van der Waals surface area contributed by atoms with E-state index in [4.69, 9.17) is 5.73 Å². The Hall–Kier alpha value is -1.39. The second-order valence-electron chi connectivity index (χ2n) is 5.43. The monoisotopic (exact) mass is 261 g/mol. The number of carbonyl (C=O) groups is 1. The molecule has 2 atom stereocenters. The van der Waals surface area contributed by atoms with Crippen LogP contribution in [0, 0.1) is 5.92 Å². The molecular formula is C15H23N3O. The molecule has 0 aliphatic carbocycles. The number of benzene rings is 1. The Labute approximate surface area is 115 Å². The smallest absolute Gasteiger partial charge is 0.234 e. The lowest BCUT2D eigenvalue weighted by Gasteiger charge is -2.34. The predicted octanol–water partition coefficient (Wildman–Crippen LogP) is 0.972. The fraction of sp³-hybridized carbons (Fsp3) is 0.533. The van der Waals surface area contributed by atoms with Crippen molar-refractivity contribution < 1.29 is 4.79 Å². The van der Waals surface area contributed by atoms with Gasteiger partial charge in [0.15, 0.2) is 0 Å². The molecule has 4 nitrogen and oxygen atoms in total. The van der Waals surface area contributed by atoms with Crippen molar-refractivity contribution in [2.45, 2.75) is 25.9 Å². The van der Waals surface area contributed by atoms with Gasteiger partial charge in [0, 0.05) is 19.1 Å². The number of likely N-dealkylation sites (tertiary alicyclic amines) is 1. The minimum atomic E-state index is 0.0746. The number of rotatable bonds is 4. The molecule has 1 heterocycles. The highest BCUT2D eigenvalue weighted by atomic mass is 16.2. The Morgan fingerprint density at radius 3 is 2.84 bits per heavy atom. The van der Waals surface area contributed by atoms with Gasteiger partial charge in [-0.3, -0.25) is 9.69 Å². The zero-order valence-corrected chi connectivity index (χ0v) is 11.5. The van der Waals surface area contributed by atoms with Gasteiger partial charge in [0.2, 0.25) is 5.91 Å². The number of nitrogens with one attached hydrogen (secondary N) is 1. The standard InChI is InChI=1S/C15H23N3O/c1-12-7-8-18(10-14(12)16)11-15(19)17-9-13-5-3-2-4-6-13/h2-6,12,14H,7-11,16H2,1H3,(H,17,19). The van der Waals surface area contributed by atoms with E-state index in [1.165, 1.54) is 0 Å². The lowest BCUT2D eigenvalue weighted by Crippen LogP contribution is -2.50. The van der Waals surface area contributed by atoms with Gasteiger partial charge in [0.1, 0.15) is 0 Å². The molecule has 104 valence electrons. The van der Waals surface area contributed by atoms with Crippen molar-refractivity contribution in [2.24, 2.45) is 11.7 Å². The van der Waals surface area contributed by atoms with E-state index in [1.54, 1.807) is 0 Å². The van der Waals surface area contributed by atoms with Crippen LogP contribution < -0.4 is 11.1 Å². The SMILES string of the molecule is CC1CCN(CC(=O)NCc2ccccc2)CC1N. The summed E-state index contributed by atoms with van der Waals surface area (Å²) in [6, 6.07) is 10.1. The van der Waals surface area contributed by atoms with Crippen LogP contribution >= 0.6 is 0 Å².